The largest absolute Gasteiger partial charge is 0.355 e. The van der Waals surface area contributed by atoms with Crippen LogP contribution in [-0.4, -0.2) is 26.6 Å². The molecule has 0 atom stereocenters. The molecule has 0 aromatic heterocycles. The first-order chi connectivity index (χ1) is 10.9. The normalized spacial score (nSPS) is 11.2. The maximum atomic E-state index is 13.4. The standard InChI is InChI=1S/C16H15ClFNO3S/c17-13-5-7-14(8-6-13)23(21,22)11-16(20)19-10-9-12-3-1-2-4-15(12)18/h1-8H,9-11H2,(H,19,20). The molecule has 1 amide bonds. The number of rotatable bonds is 6. The Morgan fingerprint density at radius 1 is 1.09 bits per heavy atom. The first kappa shape index (κ1) is 17.4. The van der Waals surface area contributed by atoms with Crippen molar-refractivity contribution in [3.05, 3.63) is 64.9 Å². The molecule has 4 nitrogen and oxygen atoms in total. The SMILES string of the molecule is O=C(CS(=O)(=O)c1ccc(Cl)cc1)NCCc1ccccc1F. The molecule has 0 heterocycles. The summed E-state index contributed by atoms with van der Waals surface area (Å²) in [5.74, 6) is -1.64. The van der Waals surface area contributed by atoms with E-state index in [0.29, 0.717) is 17.0 Å². The molecule has 7 heteroatoms. The van der Waals surface area contributed by atoms with Gasteiger partial charge >= 0.3 is 0 Å². The summed E-state index contributed by atoms with van der Waals surface area (Å²) in [6, 6.07) is 11.8. The quantitative estimate of drug-likeness (QED) is 0.866. The summed E-state index contributed by atoms with van der Waals surface area (Å²) < 4.78 is 37.6. The Balaban J connectivity index is 1.89. The lowest BCUT2D eigenvalue weighted by Gasteiger charge is -2.07. The number of carbonyl (C=O) groups is 1. The smallest absolute Gasteiger partial charge is 0.235 e. The van der Waals surface area contributed by atoms with Crippen molar-refractivity contribution in [2.24, 2.45) is 0 Å². The zero-order valence-electron chi connectivity index (χ0n) is 12.1. The molecule has 0 fully saturated rings. The molecule has 0 radical (unpaired) electrons. The van der Waals surface area contributed by atoms with Crippen LogP contribution in [0.5, 0.6) is 0 Å². The Kier molecular flexibility index (Phi) is 5.74. The summed E-state index contributed by atoms with van der Waals surface area (Å²) >= 11 is 5.70. The van der Waals surface area contributed by atoms with E-state index in [1.165, 1.54) is 30.3 Å². The maximum Gasteiger partial charge on any atom is 0.235 e. The number of halogens is 2. The van der Waals surface area contributed by atoms with Crippen LogP contribution in [0, 0.1) is 5.82 Å². The van der Waals surface area contributed by atoms with Crippen molar-refractivity contribution < 1.29 is 17.6 Å². The molecule has 0 saturated carbocycles. The Morgan fingerprint density at radius 2 is 1.74 bits per heavy atom. The Hall–Kier alpha value is -1.92. The van der Waals surface area contributed by atoms with Gasteiger partial charge in [0.1, 0.15) is 11.6 Å². The van der Waals surface area contributed by atoms with Gasteiger partial charge in [-0.2, -0.15) is 0 Å². The number of nitrogens with one attached hydrogen (secondary N) is 1. The molecule has 0 aliphatic carbocycles. The van der Waals surface area contributed by atoms with Gasteiger partial charge in [-0.3, -0.25) is 4.79 Å². The van der Waals surface area contributed by atoms with Gasteiger partial charge in [0.05, 0.1) is 4.90 Å². The van der Waals surface area contributed by atoms with Crippen LogP contribution in [0.4, 0.5) is 4.39 Å². The minimum atomic E-state index is -3.72. The van der Waals surface area contributed by atoms with E-state index < -0.39 is 21.5 Å². The van der Waals surface area contributed by atoms with Crippen LogP contribution in [0.25, 0.3) is 0 Å². The fourth-order valence-corrected chi connectivity index (χ4v) is 3.28. The summed E-state index contributed by atoms with van der Waals surface area (Å²) in [5.41, 5.74) is 0.466. The zero-order chi connectivity index (χ0) is 16.9. The average molecular weight is 356 g/mol. The van der Waals surface area contributed by atoms with Crippen molar-refractivity contribution in [3.8, 4) is 0 Å². The molecule has 122 valence electrons. The molecule has 0 aliphatic rings. The van der Waals surface area contributed by atoms with Gasteiger partial charge in [-0.05, 0) is 42.3 Å². The van der Waals surface area contributed by atoms with Gasteiger partial charge in [-0.25, -0.2) is 12.8 Å². The average Bonchev–Trinajstić information content (AvgIpc) is 2.49. The third-order valence-electron chi connectivity index (χ3n) is 3.17. The van der Waals surface area contributed by atoms with Crippen LogP contribution in [0.2, 0.25) is 5.02 Å². The fraction of sp³-hybridized carbons (Fsp3) is 0.188. The van der Waals surface area contributed by atoms with Gasteiger partial charge in [-0.15, -0.1) is 0 Å². The highest BCUT2D eigenvalue weighted by atomic mass is 35.5. The lowest BCUT2D eigenvalue weighted by Crippen LogP contribution is -2.31. The molecule has 2 rings (SSSR count). The molecule has 0 bridgehead atoms. The molecule has 2 aromatic carbocycles. The van der Waals surface area contributed by atoms with E-state index in [-0.39, 0.29) is 17.3 Å². The number of sulfone groups is 1. The van der Waals surface area contributed by atoms with Crippen LogP contribution < -0.4 is 5.32 Å². The third-order valence-corrected chi connectivity index (χ3v) is 5.05. The van der Waals surface area contributed by atoms with Crippen molar-refractivity contribution in [2.45, 2.75) is 11.3 Å². The molecular formula is C16H15ClFNO3S. The van der Waals surface area contributed by atoms with Crippen LogP contribution in [0.15, 0.2) is 53.4 Å². The number of amides is 1. The molecular weight excluding hydrogens is 341 g/mol. The lowest BCUT2D eigenvalue weighted by atomic mass is 10.1. The monoisotopic (exact) mass is 355 g/mol. The summed E-state index contributed by atoms with van der Waals surface area (Å²) in [4.78, 5) is 11.8. The highest BCUT2D eigenvalue weighted by Gasteiger charge is 2.19. The first-order valence-corrected chi connectivity index (χ1v) is 8.90. The molecule has 23 heavy (non-hydrogen) atoms. The first-order valence-electron chi connectivity index (χ1n) is 6.87. The molecule has 0 unspecified atom stereocenters. The van der Waals surface area contributed by atoms with Gasteiger partial charge in [0, 0.05) is 11.6 Å². The lowest BCUT2D eigenvalue weighted by molar-refractivity contribution is -0.118. The van der Waals surface area contributed by atoms with Crippen LogP contribution in [0.3, 0.4) is 0 Å². The topological polar surface area (TPSA) is 63.2 Å². The van der Waals surface area contributed by atoms with Gasteiger partial charge < -0.3 is 5.32 Å². The summed E-state index contributed by atoms with van der Waals surface area (Å²) in [6.45, 7) is 0.163. The van der Waals surface area contributed by atoms with Gasteiger partial charge in [0.15, 0.2) is 9.84 Å². The van der Waals surface area contributed by atoms with E-state index in [4.69, 9.17) is 11.6 Å². The molecule has 1 N–H and O–H groups in total. The van der Waals surface area contributed by atoms with E-state index in [0.717, 1.165) is 0 Å². The van der Waals surface area contributed by atoms with Gasteiger partial charge in [0.2, 0.25) is 5.91 Å². The number of hydrogen-bond donors (Lipinski definition) is 1. The molecule has 0 aliphatic heterocycles. The minimum Gasteiger partial charge on any atom is -0.355 e. The number of benzene rings is 2. The second-order valence-corrected chi connectivity index (χ2v) is 7.33. The Morgan fingerprint density at radius 3 is 2.39 bits per heavy atom. The molecule has 0 spiro atoms. The number of carbonyl (C=O) groups excluding carboxylic acids is 1. The highest BCUT2D eigenvalue weighted by Crippen LogP contribution is 2.15. The summed E-state index contributed by atoms with van der Waals surface area (Å²) in [5, 5.41) is 2.90. The maximum absolute atomic E-state index is 13.4. The second kappa shape index (κ2) is 7.57. The Bertz CT molecular complexity index is 791. The zero-order valence-corrected chi connectivity index (χ0v) is 13.7. The van der Waals surface area contributed by atoms with Crippen LogP contribution >= 0.6 is 11.6 Å². The second-order valence-electron chi connectivity index (χ2n) is 4.90. The van der Waals surface area contributed by atoms with Crippen LogP contribution in [0.1, 0.15) is 5.56 Å². The number of hydrogen-bond acceptors (Lipinski definition) is 3. The van der Waals surface area contributed by atoms with E-state index in [1.54, 1.807) is 18.2 Å². The highest BCUT2D eigenvalue weighted by molar-refractivity contribution is 7.92. The molecule has 2 aromatic rings. The van der Waals surface area contributed by atoms with Crippen LogP contribution in [-0.2, 0) is 21.1 Å². The van der Waals surface area contributed by atoms with E-state index in [1.807, 2.05) is 0 Å². The summed E-state index contributed by atoms with van der Waals surface area (Å²) in [6.07, 6.45) is 0.291. The van der Waals surface area contributed by atoms with Crippen molar-refractivity contribution in [1.82, 2.24) is 5.32 Å². The predicted octanol–water partition coefficient (Wildman–Crippen LogP) is 2.61. The predicted molar refractivity (Wildman–Crippen MR) is 86.6 cm³/mol. The van der Waals surface area contributed by atoms with Crippen molar-refractivity contribution in [2.75, 3.05) is 12.3 Å². The third kappa shape index (κ3) is 5.04. The van der Waals surface area contributed by atoms with E-state index in [2.05, 4.69) is 5.32 Å². The van der Waals surface area contributed by atoms with Crippen molar-refractivity contribution in [1.29, 1.82) is 0 Å². The van der Waals surface area contributed by atoms with Crippen molar-refractivity contribution >= 4 is 27.3 Å². The minimum absolute atomic E-state index is 0.0335. The Labute approximate surface area is 139 Å². The van der Waals surface area contributed by atoms with E-state index in [9.17, 15) is 17.6 Å². The van der Waals surface area contributed by atoms with Gasteiger partial charge in [0.25, 0.3) is 0 Å². The molecule has 0 saturated heterocycles. The van der Waals surface area contributed by atoms with E-state index >= 15 is 0 Å². The fourth-order valence-electron chi connectivity index (χ4n) is 1.99. The van der Waals surface area contributed by atoms with Crippen molar-refractivity contribution in [3.63, 3.8) is 0 Å². The summed E-state index contributed by atoms with van der Waals surface area (Å²) in [7, 11) is -3.72. The van der Waals surface area contributed by atoms with Gasteiger partial charge in [-0.1, -0.05) is 29.8 Å².